The molecule has 0 aromatic carbocycles. The third-order valence-corrected chi connectivity index (χ3v) is 7.99. The van der Waals surface area contributed by atoms with E-state index in [-0.39, 0.29) is 23.4 Å². The Labute approximate surface area is 203 Å². The third-order valence-electron chi connectivity index (χ3n) is 7.83. The number of carbonyl (C=O) groups is 1. The highest BCUT2D eigenvalue weighted by Gasteiger charge is 2.64. The van der Waals surface area contributed by atoms with E-state index in [4.69, 9.17) is 30.8 Å². The molecular weight excluding hydrogens is 458 g/mol. The van der Waals surface area contributed by atoms with Gasteiger partial charge in [-0.2, -0.15) is 9.97 Å². The molecule has 2 aromatic heterocycles. The minimum Gasteiger partial charge on any atom is -0.465 e. The van der Waals surface area contributed by atoms with Crippen molar-refractivity contribution in [2.75, 3.05) is 11.9 Å². The lowest BCUT2D eigenvalue weighted by atomic mass is 9.86. The predicted molar refractivity (Wildman–Crippen MR) is 125 cm³/mol. The van der Waals surface area contributed by atoms with Crippen LogP contribution in [0.15, 0.2) is 6.33 Å². The quantitative estimate of drug-likeness (QED) is 0.458. The molecule has 4 fully saturated rings. The van der Waals surface area contributed by atoms with Crippen molar-refractivity contribution >= 4 is 34.6 Å². The molecule has 3 aliphatic carbocycles. The number of carbonyl (C=O) groups excluding carboxylic acids is 1. The highest BCUT2D eigenvalue weighted by atomic mass is 35.5. The summed E-state index contributed by atoms with van der Waals surface area (Å²) < 4.78 is 20.0. The number of rotatable bonds is 7. The summed E-state index contributed by atoms with van der Waals surface area (Å²) >= 11 is 6.40. The first-order chi connectivity index (χ1) is 16.2. The van der Waals surface area contributed by atoms with Gasteiger partial charge in [-0.25, -0.2) is 4.98 Å². The van der Waals surface area contributed by atoms with Gasteiger partial charge in [-0.15, -0.1) is 0 Å². The molecule has 1 unspecified atom stereocenters. The average molecular weight is 490 g/mol. The molecule has 0 radical (unpaired) electrons. The van der Waals surface area contributed by atoms with Gasteiger partial charge in [0.15, 0.2) is 22.8 Å². The van der Waals surface area contributed by atoms with E-state index in [9.17, 15) is 4.79 Å². The smallest absolute Gasteiger partial charge is 0.314 e. The van der Waals surface area contributed by atoms with Crippen LogP contribution in [0, 0.1) is 17.3 Å². The van der Waals surface area contributed by atoms with E-state index < -0.39 is 17.3 Å². The van der Waals surface area contributed by atoms with Gasteiger partial charge in [0.25, 0.3) is 0 Å². The van der Waals surface area contributed by atoms with Crippen LogP contribution in [0.2, 0.25) is 5.28 Å². The zero-order valence-electron chi connectivity index (χ0n) is 20.1. The maximum Gasteiger partial charge on any atom is 0.314 e. The van der Waals surface area contributed by atoms with Crippen LogP contribution in [0.25, 0.3) is 11.2 Å². The Kier molecular flexibility index (Phi) is 5.14. The monoisotopic (exact) mass is 489 g/mol. The van der Waals surface area contributed by atoms with E-state index in [0.29, 0.717) is 47.9 Å². The summed E-state index contributed by atoms with van der Waals surface area (Å²) in [7, 11) is 0. The Morgan fingerprint density at radius 2 is 1.94 bits per heavy atom. The van der Waals surface area contributed by atoms with Gasteiger partial charge in [-0.3, -0.25) is 4.79 Å². The molecule has 2 aromatic rings. The maximum absolute atomic E-state index is 13.0. The van der Waals surface area contributed by atoms with Crippen molar-refractivity contribution in [1.82, 2.24) is 19.5 Å². The first-order valence-corrected chi connectivity index (χ1v) is 12.8. The molecule has 3 saturated carbocycles. The molecule has 34 heavy (non-hydrogen) atoms. The zero-order valence-corrected chi connectivity index (χ0v) is 20.8. The summed E-state index contributed by atoms with van der Waals surface area (Å²) in [5.41, 5.74) is 0.476. The number of halogens is 1. The van der Waals surface area contributed by atoms with Crippen molar-refractivity contribution in [3.63, 3.8) is 0 Å². The van der Waals surface area contributed by atoms with Gasteiger partial charge in [0, 0.05) is 6.04 Å². The van der Waals surface area contributed by atoms with Crippen molar-refractivity contribution in [3.8, 4) is 0 Å². The molecule has 1 aliphatic heterocycles. The van der Waals surface area contributed by atoms with Gasteiger partial charge in [-0.1, -0.05) is 0 Å². The molecule has 3 heterocycles. The molecule has 10 heteroatoms. The van der Waals surface area contributed by atoms with E-state index >= 15 is 0 Å². The second-order valence-corrected chi connectivity index (χ2v) is 11.3. The summed E-state index contributed by atoms with van der Waals surface area (Å²) in [4.78, 5) is 26.8. The number of hydrogen-bond donors (Lipinski definition) is 1. The molecule has 4 atom stereocenters. The van der Waals surface area contributed by atoms with Crippen LogP contribution in [-0.4, -0.2) is 56.1 Å². The summed E-state index contributed by atoms with van der Waals surface area (Å²) in [6, 6.07) is 0.197. The lowest BCUT2D eigenvalue weighted by Crippen LogP contribution is -2.41. The Bertz CT molecular complexity index is 1120. The highest BCUT2D eigenvalue weighted by Crippen LogP contribution is 2.54. The summed E-state index contributed by atoms with van der Waals surface area (Å²) in [5.74, 6) is 1.00. The highest BCUT2D eigenvalue weighted by molar-refractivity contribution is 6.28. The lowest BCUT2D eigenvalue weighted by molar-refractivity contribution is -0.181. The van der Waals surface area contributed by atoms with Gasteiger partial charge in [0.2, 0.25) is 5.28 Å². The lowest BCUT2D eigenvalue weighted by Gasteiger charge is -2.29. The molecule has 9 nitrogen and oxygen atoms in total. The van der Waals surface area contributed by atoms with Crippen molar-refractivity contribution in [2.24, 2.45) is 17.3 Å². The fourth-order valence-corrected chi connectivity index (χ4v) is 6.07. The summed E-state index contributed by atoms with van der Waals surface area (Å²) in [5, 5.41) is 3.83. The van der Waals surface area contributed by atoms with E-state index in [0.717, 1.165) is 0 Å². The number of fused-ring (bicyclic) bond motifs is 2. The first kappa shape index (κ1) is 22.5. The standard InChI is InChI=1S/C24H32ClN5O4/c1-5-32-21(31)24(4)10-14(17-18(24)34-23(2,3)33-17)30-11-26-16-19(28-22(25)29-20(16)30)27-15(12-6-7-12)13-8-9-13/h11-15,17-18H,5-10H2,1-4H3,(H,27,28,29)/t14-,17+,18+,24?/m1/s1. The van der Waals surface area contributed by atoms with Gasteiger partial charge in [-0.05, 0) is 83.2 Å². The number of nitrogens with zero attached hydrogens (tertiary/aromatic N) is 4. The topological polar surface area (TPSA) is 100 Å². The fourth-order valence-electron chi connectivity index (χ4n) is 5.90. The number of ether oxygens (including phenoxy) is 3. The summed E-state index contributed by atoms with van der Waals surface area (Å²) in [6.07, 6.45) is 6.50. The van der Waals surface area contributed by atoms with Gasteiger partial charge in [0.05, 0.1) is 24.4 Å². The normalized spacial score (nSPS) is 32.4. The van der Waals surface area contributed by atoms with Crippen LogP contribution >= 0.6 is 11.6 Å². The Morgan fingerprint density at radius 3 is 2.59 bits per heavy atom. The van der Waals surface area contributed by atoms with E-state index in [2.05, 4.69) is 15.3 Å². The maximum atomic E-state index is 13.0. The molecule has 6 rings (SSSR count). The number of anilines is 1. The number of hydrogen-bond acceptors (Lipinski definition) is 8. The molecule has 0 spiro atoms. The minimum atomic E-state index is -0.851. The first-order valence-electron chi connectivity index (χ1n) is 12.4. The average Bonchev–Trinajstić information content (AvgIpc) is 3.69. The van der Waals surface area contributed by atoms with Gasteiger partial charge >= 0.3 is 5.97 Å². The number of nitrogens with one attached hydrogen (secondary N) is 1. The molecule has 184 valence electrons. The number of aromatic nitrogens is 4. The van der Waals surface area contributed by atoms with E-state index in [1.54, 1.807) is 6.33 Å². The molecule has 0 bridgehead atoms. The minimum absolute atomic E-state index is 0.175. The SMILES string of the molecule is CCOC(=O)C1(C)C[C@@H](n2cnc3c(NC(C4CC4)C4CC4)nc(Cl)nc32)[C@@H]2OC(C)(C)O[C@@H]21. The van der Waals surface area contributed by atoms with Crippen molar-refractivity contribution in [1.29, 1.82) is 0 Å². The van der Waals surface area contributed by atoms with E-state index in [1.807, 2.05) is 32.3 Å². The molecule has 0 amide bonds. The van der Waals surface area contributed by atoms with Crippen LogP contribution in [-0.2, 0) is 19.0 Å². The Hall–Kier alpha value is -1.97. The largest absolute Gasteiger partial charge is 0.465 e. The van der Waals surface area contributed by atoms with Crippen molar-refractivity contribution < 1.29 is 19.0 Å². The van der Waals surface area contributed by atoms with Gasteiger partial charge < -0.3 is 24.1 Å². The fraction of sp³-hybridized carbons (Fsp3) is 0.750. The molecular formula is C24H32ClN5O4. The van der Waals surface area contributed by atoms with Crippen molar-refractivity contribution in [3.05, 3.63) is 11.6 Å². The Balaban J connectivity index is 1.38. The van der Waals surface area contributed by atoms with Crippen LogP contribution < -0.4 is 5.32 Å². The second-order valence-electron chi connectivity index (χ2n) is 10.9. The van der Waals surface area contributed by atoms with Gasteiger partial charge in [0.1, 0.15) is 12.2 Å². The second kappa shape index (κ2) is 7.77. The molecule has 4 aliphatic rings. The number of esters is 1. The van der Waals surface area contributed by atoms with E-state index in [1.165, 1.54) is 25.7 Å². The predicted octanol–water partition coefficient (Wildman–Crippen LogP) is 4.11. The summed E-state index contributed by atoms with van der Waals surface area (Å²) in [6.45, 7) is 7.77. The Morgan fingerprint density at radius 1 is 1.24 bits per heavy atom. The van der Waals surface area contributed by atoms with Crippen LogP contribution in [0.4, 0.5) is 5.82 Å². The molecule has 1 N–H and O–H groups in total. The van der Waals surface area contributed by atoms with Crippen LogP contribution in [0.5, 0.6) is 0 Å². The van der Waals surface area contributed by atoms with Crippen LogP contribution in [0.1, 0.15) is 65.8 Å². The van der Waals surface area contributed by atoms with Crippen LogP contribution in [0.3, 0.4) is 0 Å². The molecule has 1 saturated heterocycles. The third kappa shape index (κ3) is 3.67. The van der Waals surface area contributed by atoms with Crippen molar-refractivity contribution in [2.45, 2.75) is 89.9 Å². The zero-order chi connectivity index (χ0) is 23.8. The number of imidazole rings is 1.